The molecular formula is C5H6F4S. The van der Waals surface area contributed by atoms with E-state index in [1.54, 1.807) is 0 Å². The molecule has 1 heterocycles. The molecule has 0 aromatic heterocycles. The van der Waals surface area contributed by atoms with Crippen LogP contribution in [0.15, 0.2) is 0 Å². The summed E-state index contributed by atoms with van der Waals surface area (Å²) >= 11 is 0.746. The topological polar surface area (TPSA) is 0 Å². The summed E-state index contributed by atoms with van der Waals surface area (Å²) in [5.74, 6) is -1.44. The number of hydrogen-bond donors (Lipinski definition) is 0. The van der Waals surface area contributed by atoms with Crippen LogP contribution in [-0.4, -0.2) is 17.4 Å². The summed E-state index contributed by atoms with van der Waals surface area (Å²) in [5, 5.41) is 0. The van der Waals surface area contributed by atoms with Gasteiger partial charge in [0.1, 0.15) is 0 Å². The molecule has 0 aromatic carbocycles. The smallest absolute Gasteiger partial charge is 0.235 e. The Hall–Kier alpha value is 0.0700. The minimum absolute atomic E-state index is 0.0741. The molecule has 0 spiro atoms. The first-order valence-electron chi connectivity index (χ1n) is 2.84. The van der Waals surface area contributed by atoms with Gasteiger partial charge in [-0.2, -0.15) is 13.2 Å². The second-order valence-corrected chi connectivity index (χ2v) is 3.35. The summed E-state index contributed by atoms with van der Waals surface area (Å²) in [6.45, 7) is 0. The first-order valence-corrected chi connectivity index (χ1v) is 3.89. The van der Waals surface area contributed by atoms with Crippen molar-refractivity contribution < 1.29 is 17.6 Å². The highest BCUT2D eigenvalue weighted by molar-refractivity contribution is 8.00. The Morgan fingerprint density at radius 1 is 1.30 bits per heavy atom. The molecule has 0 aliphatic carbocycles. The zero-order valence-electron chi connectivity index (χ0n) is 4.99. The maximum absolute atomic E-state index is 12.3. The molecule has 1 rings (SSSR count). The number of rotatable bonds is 0. The van der Waals surface area contributed by atoms with Crippen LogP contribution < -0.4 is 0 Å². The van der Waals surface area contributed by atoms with Gasteiger partial charge in [-0.05, 0) is 12.2 Å². The van der Waals surface area contributed by atoms with E-state index in [0.29, 0.717) is 0 Å². The Morgan fingerprint density at radius 2 is 1.90 bits per heavy atom. The minimum atomic E-state index is -4.34. The highest BCUT2D eigenvalue weighted by Gasteiger charge is 2.47. The lowest BCUT2D eigenvalue weighted by Crippen LogP contribution is -2.26. The van der Waals surface area contributed by atoms with Crippen molar-refractivity contribution >= 4 is 11.8 Å². The minimum Gasteiger partial charge on any atom is -0.235 e. The van der Waals surface area contributed by atoms with Crippen LogP contribution in [-0.2, 0) is 0 Å². The van der Waals surface area contributed by atoms with Crippen LogP contribution in [0.5, 0.6) is 0 Å². The molecule has 10 heavy (non-hydrogen) atoms. The van der Waals surface area contributed by atoms with Crippen LogP contribution in [0.2, 0.25) is 0 Å². The molecule has 0 radical (unpaired) electrons. The quantitative estimate of drug-likeness (QED) is 0.508. The normalized spacial score (nSPS) is 34.8. The lowest BCUT2D eigenvalue weighted by atomic mass is 10.1. The molecule has 1 saturated heterocycles. The molecule has 1 fully saturated rings. The lowest BCUT2D eigenvalue weighted by molar-refractivity contribution is -0.180. The predicted octanol–water partition coefficient (Wildman–Crippen LogP) is 2.60. The molecule has 0 amide bonds. The number of halogens is 4. The largest absolute Gasteiger partial charge is 0.395 e. The number of hydrogen-bond acceptors (Lipinski definition) is 1. The molecule has 2 unspecified atom stereocenters. The summed E-state index contributed by atoms with van der Waals surface area (Å²) in [4.78, 5) is 0. The fraction of sp³-hybridized carbons (Fsp3) is 1.00. The van der Waals surface area contributed by atoms with Crippen molar-refractivity contribution in [2.45, 2.75) is 18.1 Å². The third-order valence-electron chi connectivity index (χ3n) is 1.44. The second-order valence-electron chi connectivity index (χ2n) is 2.16. The van der Waals surface area contributed by atoms with Crippen LogP contribution in [0, 0.1) is 5.92 Å². The summed E-state index contributed by atoms with van der Waals surface area (Å²) < 4.78 is 47.6. The van der Waals surface area contributed by atoms with Crippen molar-refractivity contribution in [1.82, 2.24) is 0 Å². The molecular weight excluding hydrogens is 168 g/mol. The van der Waals surface area contributed by atoms with Crippen molar-refractivity contribution in [1.29, 1.82) is 0 Å². The molecule has 0 bridgehead atoms. The van der Waals surface area contributed by atoms with E-state index in [-0.39, 0.29) is 12.2 Å². The third-order valence-corrected chi connectivity index (χ3v) is 2.56. The van der Waals surface area contributed by atoms with E-state index in [9.17, 15) is 17.6 Å². The van der Waals surface area contributed by atoms with E-state index in [2.05, 4.69) is 0 Å². The Labute approximate surface area is 60.0 Å². The Morgan fingerprint density at radius 3 is 2.10 bits per heavy atom. The highest BCUT2D eigenvalue weighted by atomic mass is 32.2. The SMILES string of the molecule is FC1SCCC1C(F)(F)F. The van der Waals surface area contributed by atoms with Gasteiger partial charge in [0.2, 0.25) is 0 Å². The monoisotopic (exact) mass is 174 g/mol. The van der Waals surface area contributed by atoms with E-state index in [1.807, 2.05) is 0 Å². The average molecular weight is 174 g/mol. The average Bonchev–Trinajstić information content (AvgIpc) is 2.11. The predicted molar refractivity (Wildman–Crippen MR) is 31.5 cm³/mol. The maximum atomic E-state index is 12.3. The van der Waals surface area contributed by atoms with Gasteiger partial charge in [-0.15, -0.1) is 11.8 Å². The molecule has 1 aliphatic heterocycles. The maximum Gasteiger partial charge on any atom is 0.395 e. The fourth-order valence-corrected chi connectivity index (χ4v) is 2.00. The zero-order valence-corrected chi connectivity index (χ0v) is 5.81. The molecule has 0 nitrogen and oxygen atoms in total. The van der Waals surface area contributed by atoms with Crippen LogP contribution in [0.4, 0.5) is 17.6 Å². The third kappa shape index (κ3) is 1.56. The van der Waals surface area contributed by atoms with Crippen LogP contribution in [0.25, 0.3) is 0 Å². The fourth-order valence-electron chi connectivity index (χ4n) is 0.867. The van der Waals surface area contributed by atoms with Crippen molar-refractivity contribution in [3.05, 3.63) is 0 Å². The van der Waals surface area contributed by atoms with Gasteiger partial charge in [-0.1, -0.05) is 0 Å². The molecule has 60 valence electrons. The number of alkyl halides is 4. The van der Waals surface area contributed by atoms with Crippen LogP contribution >= 0.6 is 11.8 Å². The van der Waals surface area contributed by atoms with Gasteiger partial charge in [0.15, 0.2) is 5.50 Å². The molecule has 5 heteroatoms. The molecule has 0 N–H and O–H groups in total. The van der Waals surface area contributed by atoms with Crippen molar-refractivity contribution in [3.8, 4) is 0 Å². The Bertz CT molecular complexity index is 121. The van der Waals surface area contributed by atoms with Crippen molar-refractivity contribution in [2.75, 3.05) is 5.75 Å². The van der Waals surface area contributed by atoms with Gasteiger partial charge < -0.3 is 0 Å². The van der Waals surface area contributed by atoms with Gasteiger partial charge in [0, 0.05) is 0 Å². The van der Waals surface area contributed by atoms with Crippen LogP contribution in [0.3, 0.4) is 0 Å². The summed E-state index contributed by atoms with van der Waals surface area (Å²) in [6, 6.07) is 0. The van der Waals surface area contributed by atoms with Crippen molar-refractivity contribution in [3.63, 3.8) is 0 Å². The number of thioether (sulfide) groups is 1. The van der Waals surface area contributed by atoms with E-state index in [0.717, 1.165) is 11.8 Å². The van der Waals surface area contributed by atoms with E-state index >= 15 is 0 Å². The van der Waals surface area contributed by atoms with Gasteiger partial charge in [0.05, 0.1) is 5.92 Å². The van der Waals surface area contributed by atoms with Gasteiger partial charge in [-0.25, -0.2) is 4.39 Å². The Kier molecular flexibility index (Phi) is 2.12. The van der Waals surface area contributed by atoms with E-state index in [1.165, 1.54) is 0 Å². The van der Waals surface area contributed by atoms with Gasteiger partial charge in [0.25, 0.3) is 0 Å². The molecule has 1 aliphatic rings. The standard InChI is InChI=1S/C5H6F4S/c6-4-3(1-2-10-4)5(7,8)9/h3-4H,1-2H2. The first-order chi connectivity index (χ1) is 4.52. The summed E-state index contributed by atoms with van der Waals surface area (Å²) in [6.07, 6.45) is -4.42. The van der Waals surface area contributed by atoms with E-state index in [4.69, 9.17) is 0 Å². The van der Waals surface area contributed by atoms with Gasteiger partial charge >= 0.3 is 6.18 Å². The Balaban J connectivity index is 2.55. The molecule has 2 atom stereocenters. The summed E-state index contributed by atoms with van der Waals surface area (Å²) in [5.41, 5.74) is -1.74. The second kappa shape index (κ2) is 2.60. The molecule has 0 saturated carbocycles. The highest BCUT2D eigenvalue weighted by Crippen LogP contribution is 2.43. The van der Waals surface area contributed by atoms with Crippen LogP contribution in [0.1, 0.15) is 6.42 Å². The van der Waals surface area contributed by atoms with Gasteiger partial charge in [-0.3, -0.25) is 0 Å². The lowest BCUT2D eigenvalue weighted by Gasteiger charge is -2.14. The first kappa shape index (κ1) is 8.17. The van der Waals surface area contributed by atoms with Crippen molar-refractivity contribution in [2.24, 2.45) is 5.92 Å². The molecule has 0 aromatic rings. The zero-order chi connectivity index (χ0) is 7.78. The summed E-state index contributed by atoms with van der Waals surface area (Å²) in [7, 11) is 0. The van der Waals surface area contributed by atoms with E-state index < -0.39 is 17.6 Å².